The highest BCUT2D eigenvalue weighted by molar-refractivity contribution is 5.72. The number of aromatic nitrogens is 4. The molecule has 0 amide bonds. The van der Waals surface area contributed by atoms with Crippen LogP contribution in [0.4, 0.5) is 5.95 Å². The fourth-order valence-electron chi connectivity index (χ4n) is 1.87. The lowest BCUT2D eigenvalue weighted by molar-refractivity contribution is -0.154. The van der Waals surface area contributed by atoms with Crippen molar-refractivity contribution in [2.75, 3.05) is 32.0 Å². The second-order valence-corrected chi connectivity index (χ2v) is 5.04. The van der Waals surface area contributed by atoms with E-state index in [1.807, 2.05) is 0 Å². The highest BCUT2D eigenvalue weighted by Crippen LogP contribution is 2.07. The summed E-state index contributed by atoms with van der Waals surface area (Å²) < 4.78 is 15.3. The number of rotatable bonds is 9. The number of nitrogens with zero attached hydrogens (tertiary/aromatic N) is 2. The van der Waals surface area contributed by atoms with Gasteiger partial charge in [0.2, 0.25) is 5.95 Å². The van der Waals surface area contributed by atoms with Crippen molar-refractivity contribution in [1.29, 1.82) is 0 Å². The van der Waals surface area contributed by atoms with E-state index in [2.05, 4.69) is 19.9 Å². The first-order valence-electron chi connectivity index (χ1n) is 7.50. The molecule has 26 heavy (non-hydrogen) atoms. The highest BCUT2D eigenvalue weighted by Gasteiger charge is 2.17. The number of hydrogen-bond donors (Lipinski definition) is 5. The smallest absolute Gasteiger partial charge is 0.319 e. The van der Waals surface area contributed by atoms with Crippen molar-refractivity contribution in [3.63, 3.8) is 0 Å². The molecule has 0 aliphatic heterocycles. The predicted octanol–water partition coefficient (Wildman–Crippen LogP) is -2.88. The summed E-state index contributed by atoms with van der Waals surface area (Å²) in [5.74, 6) is -1.07. The normalized spacial score (nSPS) is 11.0. The van der Waals surface area contributed by atoms with Crippen LogP contribution in [0.5, 0.6) is 0 Å². The minimum absolute atomic E-state index is 0.0678. The SMILES string of the molecule is NCC(=O)OCC(COC(=O)CN)OCc1nc2nc(N)[nH]c(=O)c2[nH]1. The van der Waals surface area contributed by atoms with Gasteiger partial charge in [-0.3, -0.25) is 19.4 Å². The summed E-state index contributed by atoms with van der Waals surface area (Å²) in [4.78, 5) is 47.1. The molecular weight excluding hydrogens is 350 g/mol. The number of H-pyrrole nitrogens is 2. The second-order valence-electron chi connectivity index (χ2n) is 5.04. The van der Waals surface area contributed by atoms with Crippen LogP contribution in [-0.2, 0) is 30.4 Å². The van der Waals surface area contributed by atoms with Crippen molar-refractivity contribution in [3.05, 3.63) is 16.2 Å². The minimum Gasteiger partial charge on any atom is -0.462 e. The van der Waals surface area contributed by atoms with Gasteiger partial charge in [-0.25, -0.2) is 4.98 Å². The van der Waals surface area contributed by atoms with Gasteiger partial charge in [-0.15, -0.1) is 0 Å². The molecule has 0 atom stereocenters. The van der Waals surface area contributed by atoms with Crippen molar-refractivity contribution >= 4 is 29.1 Å². The molecule has 0 bridgehead atoms. The van der Waals surface area contributed by atoms with E-state index < -0.39 is 23.6 Å². The lowest BCUT2D eigenvalue weighted by Gasteiger charge is -2.17. The number of carbonyl (C=O) groups excluding carboxylic acids is 2. The Hall–Kier alpha value is -3.03. The molecule has 0 aliphatic carbocycles. The summed E-state index contributed by atoms with van der Waals surface area (Å²) in [6.45, 7) is -1.08. The fraction of sp³-hybridized carbons (Fsp3) is 0.462. The highest BCUT2D eigenvalue weighted by atomic mass is 16.6. The Morgan fingerprint density at radius 1 is 1.04 bits per heavy atom. The minimum atomic E-state index is -0.787. The molecule has 2 aromatic rings. The summed E-state index contributed by atoms with van der Waals surface area (Å²) in [7, 11) is 0. The summed E-state index contributed by atoms with van der Waals surface area (Å²) in [6.07, 6.45) is -0.787. The maximum absolute atomic E-state index is 11.7. The molecule has 0 spiro atoms. The topological polar surface area (TPSA) is 214 Å². The van der Waals surface area contributed by atoms with Gasteiger partial charge < -0.3 is 36.4 Å². The van der Waals surface area contributed by atoms with E-state index in [0.717, 1.165) is 0 Å². The van der Waals surface area contributed by atoms with Crippen LogP contribution in [0.1, 0.15) is 5.82 Å². The van der Waals surface area contributed by atoms with Crippen LogP contribution in [0.2, 0.25) is 0 Å². The number of ether oxygens (including phenoxy) is 3. The number of nitrogen functional groups attached to an aromatic ring is 1. The molecule has 0 unspecified atom stereocenters. The van der Waals surface area contributed by atoms with Crippen molar-refractivity contribution < 1.29 is 23.8 Å². The van der Waals surface area contributed by atoms with Gasteiger partial charge in [0, 0.05) is 0 Å². The number of nitrogens with one attached hydrogen (secondary N) is 2. The summed E-state index contributed by atoms with van der Waals surface area (Å²) in [6, 6.07) is 0. The maximum atomic E-state index is 11.7. The van der Waals surface area contributed by atoms with Gasteiger partial charge in [-0.05, 0) is 0 Å². The molecule has 0 saturated heterocycles. The Kier molecular flexibility index (Phi) is 6.60. The molecule has 2 heterocycles. The Morgan fingerprint density at radius 3 is 2.23 bits per heavy atom. The molecule has 0 radical (unpaired) electrons. The molecular formula is C13H19N7O6. The van der Waals surface area contributed by atoms with Crippen LogP contribution >= 0.6 is 0 Å². The van der Waals surface area contributed by atoms with Crippen LogP contribution < -0.4 is 22.8 Å². The Labute approximate surface area is 146 Å². The van der Waals surface area contributed by atoms with Gasteiger partial charge in [0.1, 0.15) is 31.7 Å². The zero-order chi connectivity index (χ0) is 19.1. The number of imidazole rings is 1. The average molecular weight is 369 g/mol. The first-order valence-corrected chi connectivity index (χ1v) is 7.50. The third-order valence-corrected chi connectivity index (χ3v) is 3.08. The number of carbonyl (C=O) groups is 2. The van der Waals surface area contributed by atoms with Crippen molar-refractivity contribution in [1.82, 2.24) is 19.9 Å². The third kappa shape index (κ3) is 5.23. The zero-order valence-electron chi connectivity index (χ0n) is 13.7. The number of aromatic amines is 2. The molecule has 2 rings (SSSR count). The predicted molar refractivity (Wildman–Crippen MR) is 87.5 cm³/mol. The Balaban J connectivity index is 2.02. The van der Waals surface area contributed by atoms with Crippen molar-refractivity contribution in [2.45, 2.75) is 12.7 Å². The number of nitrogens with two attached hydrogens (primary N) is 3. The quantitative estimate of drug-likeness (QED) is 0.283. The van der Waals surface area contributed by atoms with Crippen LogP contribution in [0.25, 0.3) is 11.2 Å². The summed E-state index contributed by atoms with van der Waals surface area (Å²) >= 11 is 0. The standard InChI is InChI=1S/C13H19N7O6/c14-1-8(21)25-3-6(4-26-9(22)2-15)24-5-7-17-10-11(18-7)19-13(16)20-12(10)23/h6H,1-5,14-15H2,(H4,16,17,18,19,20,23). The van der Waals surface area contributed by atoms with Gasteiger partial charge >= 0.3 is 11.9 Å². The molecule has 0 fully saturated rings. The number of hydrogen-bond acceptors (Lipinski definition) is 11. The second kappa shape index (κ2) is 8.89. The van der Waals surface area contributed by atoms with Crippen LogP contribution in [0.15, 0.2) is 4.79 Å². The van der Waals surface area contributed by atoms with E-state index in [1.165, 1.54) is 0 Å². The van der Waals surface area contributed by atoms with E-state index in [0.29, 0.717) is 0 Å². The van der Waals surface area contributed by atoms with Crippen molar-refractivity contribution in [3.8, 4) is 0 Å². The summed E-state index contributed by atoms with van der Waals surface area (Å²) in [5.41, 5.74) is 15.6. The van der Waals surface area contributed by atoms with Gasteiger partial charge in [0.05, 0.1) is 13.1 Å². The van der Waals surface area contributed by atoms with Gasteiger partial charge in [0.25, 0.3) is 5.56 Å². The third-order valence-electron chi connectivity index (χ3n) is 3.08. The first-order chi connectivity index (χ1) is 12.4. The molecule has 0 aromatic carbocycles. The van der Waals surface area contributed by atoms with E-state index in [1.54, 1.807) is 0 Å². The molecule has 0 saturated carbocycles. The average Bonchev–Trinajstić information content (AvgIpc) is 3.03. The molecule has 142 valence electrons. The van der Waals surface area contributed by atoms with Crippen LogP contribution in [0.3, 0.4) is 0 Å². The van der Waals surface area contributed by atoms with E-state index >= 15 is 0 Å². The molecule has 8 N–H and O–H groups in total. The van der Waals surface area contributed by atoms with Gasteiger partial charge in [-0.1, -0.05) is 0 Å². The lowest BCUT2D eigenvalue weighted by Crippen LogP contribution is -2.31. The monoisotopic (exact) mass is 369 g/mol. The van der Waals surface area contributed by atoms with Crippen molar-refractivity contribution in [2.24, 2.45) is 11.5 Å². The van der Waals surface area contributed by atoms with Crippen LogP contribution in [-0.4, -0.2) is 64.3 Å². The lowest BCUT2D eigenvalue weighted by atomic mass is 10.4. The Morgan fingerprint density at radius 2 is 1.65 bits per heavy atom. The van der Waals surface area contributed by atoms with E-state index in [4.69, 9.17) is 31.4 Å². The largest absolute Gasteiger partial charge is 0.462 e. The molecule has 13 nitrogen and oxygen atoms in total. The fourth-order valence-corrected chi connectivity index (χ4v) is 1.87. The van der Waals surface area contributed by atoms with Crippen LogP contribution in [0, 0.1) is 0 Å². The number of anilines is 1. The van der Waals surface area contributed by atoms with E-state index in [-0.39, 0.29) is 55.8 Å². The maximum Gasteiger partial charge on any atom is 0.319 e. The first kappa shape index (κ1) is 19.3. The zero-order valence-corrected chi connectivity index (χ0v) is 13.7. The Bertz CT molecular complexity index is 812. The number of fused-ring (bicyclic) bond motifs is 1. The molecule has 0 aliphatic rings. The summed E-state index contributed by atoms with van der Waals surface area (Å²) in [5, 5.41) is 0. The van der Waals surface area contributed by atoms with Gasteiger partial charge in [0.15, 0.2) is 11.2 Å². The van der Waals surface area contributed by atoms with Gasteiger partial charge in [-0.2, -0.15) is 4.98 Å². The number of esters is 2. The van der Waals surface area contributed by atoms with E-state index in [9.17, 15) is 14.4 Å². The molecule has 2 aromatic heterocycles. The molecule has 13 heteroatoms.